The molecule has 1 aliphatic heterocycles. The molecule has 0 bridgehead atoms. The Morgan fingerprint density at radius 3 is 2.04 bits per heavy atom. The summed E-state index contributed by atoms with van der Waals surface area (Å²) >= 11 is 18.2. The monoisotopic (exact) mass is 382 g/mol. The lowest BCUT2D eigenvalue weighted by molar-refractivity contribution is 0.128. The first kappa shape index (κ1) is 18.0. The van der Waals surface area contributed by atoms with Crippen molar-refractivity contribution in [2.24, 2.45) is 0 Å². The summed E-state index contributed by atoms with van der Waals surface area (Å²) in [5, 5.41) is 2.25. The lowest BCUT2D eigenvalue weighted by atomic mass is 10.1. The molecular weight excluding hydrogens is 363 g/mol. The molecule has 0 radical (unpaired) electrons. The average molecular weight is 384 g/mol. The van der Waals surface area contributed by atoms with Gasteiger partial charge in [0.25, 0.3) is 0 Å². The highest BCUT2D eigenvalue weighted by Crippen LogP contribution is 2.22. The van der Waals surface area contributed by atoms with Gasteiger partial charge in [-0.1, -0.05) is 53.0 Å². The van der Waals surface area contributed by atoms with E-state index in [0.29, 0.717) is 5.02 Å². The van der Waals surface area contributed by atoms with Crippen molar-refractivity contribution >= 4 is 34.8 Å². The largest absolute Gasteiger partial charge is 0.300 e. The Morgan fingerprint density at radius 1 is 0.750 bits per heavy atom. The molecule has 24 heavy (non-hydrogen) atoms. The highest BCUT2D eigenvalue weighted by Gasteiger charge is 2.17. The van der Waals surface area contributed by atoms with Gasteiger partial charge in [0.1, 0.15) is 0 Å². The molecule has 5 heteroatoms. The molecule has 0 atom stereocenters. The molecule has 1 saturated heterocycles. The van der Waals surface area contributed by atoms with E-state index >= 15 is 0 Å². The molecule has 3 rings (SSSR count). The van der Waals surface area contributed by atoms with Gasteiger partial charge in [-0.2, -0.15) is 0 Å². The van der Waals surface area contributed by atoms with Crippen LogP contribution >= 0.6 is 34.8 Å². The number of halogens is 3. The Kier molecular flexibility index (Phi) is 6.43. The van der Waals surface area contributed by atoms with Crippen LogP contribution in [0.15, 0.2) is 42.5 Å². The van der Waals surface area contributed by atoms with Gasteiger partial charge in [-0.3, -0.25) is 4.90 Å². The molecule has 2 nitrogen and oxygen atoms in total. The van der Waals surface area contributed by atoms with Crippen LogP contribution in [0.25, 0.3) is 0 Å². The SMILES string of the molecule is Clc1ccc(CCN2CCN(Cc3ccc(Cl)cc3Cl)CC2)cc1. The molecule has 2 aromatic rings. The van der Waals surface area contributed by atoms with Crippen molar-refractivity contribution < 1.29 is 0 Å². The van der Waals surface area contributed by atoms with Crippen LogP contribution in [0.4, 0.5) is 0 Å². The summed E-state index contributed by atoms with van der Waals surface area (Å²) in [7, 11) is 0. The predicted octanol–water partition coefficient (Wildman–Crippen LogP) is 5.01. The third kappa shape index (κ3) is 5.11. The second-order valence-electron chi connectivity index (χ2n) is 6.23. The summed E-state index contributed by atoms with van der Waals surface area (Å²) in [6.07, 6.45) is 1.07. The topological polar surface area (TPSA) is 6.48 Å². The standard InChI is InChI=1S/C19H21Cl3N2/c20-17-4-1-15(2-5-17)7-8-23-9-11-24(12-10-23)14-16-3-6-18(21)13-19(16)22/h1-6,13H,7-12,14H2. The van der Waals surface area contributed by atoms with E-state index in [4.69, 9.17) is 34.8 Å². The van der Waals surface area contributed by atoms with Gasteiger partial charge in [0.05, 0.1) is 0 Å². The van der Waals surface area contributed by atoms with Crippen LogP contribution in [0.1, 0.15) is 11.1 Å². The maximum absolute atomic E-state index is 6.28. The van der Waals surface area contributed by atoms with E-state index in [1.165, 1.54) is 5.56 Å². The smallest absolute Gasteiger partial charge is 0.0465 e. The van der Waals surface area contributed by atoms with Crippen molar-refractivity contribution in [3.63, 3.8) is 0 Å². The third-order valence-electron chi connectivity index (χ3n) is 4.50. The zero-order chi connectivity index (χ0) is 16.9. The number of benzene rings is 2. The van der Waals surface area contributed by atoms with E-state index in [0.717, 1.165) is 61.3 Å². The first-order valence-electron chi connectivity index (χ1n) is 8.23. The first-order valence-corrected chi connectivity index (χ1v) is 9.36. The van der Waals surface area contributed by atoms with Gasteiger partial charge in [-0.05, 0) is 41.8 Å². The van der Waals surface area contributed by atoms with Crippen molar-refractivity contribution in [3.05, 3.63) is 68.7 Å². The second kappa shape index (κ2) is 8.55. The lowest BCUT2D eigenvalue weighted by Gasteiger charge is -2.34. The fourth-order valence-electron chi connectivity index (χ4n) is 3.00. The molecule has 2 aromatic carbocycles. The Bertz CT molecular complexity index is 665. The second-order valence-corrected chi connectivity index (χ2v) is 7.51. The summed E-state index contributed by atoms with van der Waals surface area (Å²) in [6, 6.07) is 13.9. The van der Waals surface area contributed by atoms with Crippen LogP contribution in [0.5, 0.6) is 0 Å². The molecule has 0 aromatic heterocycles. The fraction of sp³-hybridized carbons (Fsp3) is 0.368. The molecule has 1 heterocycles. The van der Waals surface area contributed by atoms with E-state index in [2.05, 4.69) is 21.9 Å². The maximum Gasteiger partial charge on any atom is 0.0465 e. The van der Waals surface area contributed by atoms with Crippen molar-refractivity contribution in [2.75, 3.05) is 32.7 Å². The van der Waals surface area contributed by atoms with Crippen LogP contribution in [-0.4, -0.2) is 42.5 Å². The van der Waals surface area contributed by atoms with Gasteiger partial charge in [0, 0.05) is 54.3 Å². The van der Waals surface area contributed by atoms with E-state index < -0.39 is 0 Å². The Labute approximate surface area is 158 Å². The normalized spacial score (nSPS) is 16.5. The predicted molar refractivity (Wildman–Crippen MR) is 103 cm³/mol. The van der Waals surface area contributed by atoms with Gasteiger partial charge in [0.15, 0.2) is 0 Å². The van der Waals surface area contributed by atoms with Crippen molar-refractivity contribution in [3.8, 4) is 0 Å². The van der Waals surface area contributed by atoms with Gasteiger partial charge in [0.2, 0.25) is 0 Å². The number of hydrogen-bond donors (Lipinski definition) is 0. The average Bonchev–Trinajstić information content (AvgIpc) is 2.58. The Morgan fingerprint density at radius 2 is 1.38 bits per heavy atom. The Hall–Kier alpha value is -0.770. The van der Waals surface area contributed by atoms with Gasteiger partial charge in [-0.25, -0.2) is 0 Å². The van der Waals surface area contributed by atoms with E-state index in [1.54, 1.807) is 0 Å². The molecule has 0 aliphatic carbocycles. The molecule has 0 saturated carbocycles. The minimum absolute atomic E-state index is 0.691. The summed E-state index contributed by atoms with van der Waals surface area (Å²) in [4.78, 5) is 4.97. The first-order chi connectivity index (χ1) is 11.6. The van der Waals surface area contributed by atoms with Crippen LogP contribution in [0.3, 0.4) is 0 Å². The van der Waals surface area contributed by atoms with Crippen molar-refractivity contribution in [2.45, 2.75) is 13.0 Å². The van der Waals surface area contributed by atoms with E-state index in [1.807, 2.05) is 30.3 Å². The summed E-state index contributed by atoms with van der Waals surface area (Å²) < 4.78 is 0. The minimum atomic E-state index is 0.691. The zero-order valence-electron chi connectivity index (χ0n) is 13.5. The number of nitrogens with zero attached hydrogens (tertiary/aromatic N) is 2. The van der Waals surface area contributed by atoms with Crippen molar-refractivity contribution in [1.29, 1.82) is 0 Å². The summed E-state index contributed by atoms with van der Waals surface area (Å²) in [5.74, 6) is 0. The molecule has 0 amide bonds. The van der Waals surface area contributed by atoms with E-state index in [9.17, 15) is 0 Å². The molecule has 0 spiro atoms. The summed E-state index contributed by atoms with van der Waals surface area (Å²) in [6.45, 7) is 6.31. The van der Waals surface area contributed by atoms with Crippen LogP contribution in [-0.2, 0) is 13.0 Å². The molecule has 1 fully saturated rings. The number of hydrogen-bond acceptors (Lipinski definition) is 2. The van der Waals surface area contributed by atoms with Gasteiger partial charge in [-0.15, -0.1) is 0 Å². The number of rotatable bonds is 5. The molecule has 128 valence electrons. The van der Waals surface area contributed by atoms with Gasteiger partial charge >= 0.3 is 0 Å². The Balaban J connectivity index is 1.44. The lowest BCUT2D eigenvalue weighted by Crippen LogP contribution is -2.46. The summed E-state index contributed by atoms with van der Waals surface area (Å²) in [5.41, 5.74) is 2.49. The highest BCUT2D eigenvalue weighted by atomic mass is 35.5. The van der Waals surface area contributed by atoms with Crippen molar-refractivity contribution in [1.82, 2.24) is 9.80 Å². The van der Waals surface area contributed by atoms with Crippen LogP contribution in [0, 0.1) is 0 Å². The maximum atomic E-state index is 6.28. The molecule has 0 N–H and O–H groups in total. The fourth-order valence-corrected chi connectivity index (χ4v) is 3.59. The van der Waals surface area contributed by atoms with Crippen LogP contribution < -0.4 is 0 Å². The van der Waals surface area contributed by atoms with Crippen LogP contribution in [0.2, 0.25) is 15.1 Å². The quantitative estimate of drug-likeness (QED) is 0.716. The van der Waals surface area contributed by atoms with Gasteiger partial charge < -0.3 is 4.90 Å². The minimum Gasteiger partial charge on any atom is -0.300 e. The molecular formula is C19H21Cl3N2. The number of piperazine rings is 1. The highest BCUT2D eigenvalue weighted by molar-refractivity contribution is 6.35. The molecule has 1 aliphatic rings. The third-order valence-corrected chi connectivity index (χ3v) is 5.34. The molecule has 0 unspecified atom stereocenters. The van der Waals surface area contributed by atoms with E-state index in [-0.39, 0.29) is 0 Å². The zero-order valence-corrected chi connectivity index (χ0v) is 15.8.